The second-order valence-electron chi connectivity index (χ2n) is 10.0. The quantitative estimate of drug-likeness (QED) is 0.0671. The van der Waals surface area contributed by atoms with E-state index in [0.29, 0.717) is 13.2 Å². The first-order valence-corrected chi connectivity index (χ1v) is 21.6. The van der Waals surface area contributed by atoms with Crippen LogP contribution in [0.2, 0.25) is 8.87 Å². The van der Waals surface area contributed by atoms with Gasteiger partial charge in [-0.1, -0.05) is 0 Å². The fourth-order valence-corrected chi connectivity index (χ4v) is 13.9. The molecule has 0 aromatic heterocycles. The van der Waals surface area contributed by atoms with Gasteiger partial charge in [-0.05, 0) is 0 Å². The zero-order chi connectivity index (χ0) is 25.2. The summed E-state index contributed by atoms with van der Waals surface area (Å²) in [4.78, 5) is 0. The van der Waals surface area contributed by atoms with Crippen LogP contribution in [0.15, 0.2) is 0 Å². The molecule has 0 fully saturated rings. The third kappa shape index (κ3) is 20.9. The van der Waals surface area contributed by atoms with E-state index in [1.165, 1.54) is 83.5 Å². The molecule has 0 bridgehead atoms. The molecule has 0 N–H and O–H groups in total. The summed E-state index contributed by atoms with van der Waals surface area (Å²) >= 11 is -3.33. The Hall–Kier alpha value is 0.704. The van der Waals surface area contributed by atoms with Crippen molar-refractivity contribution in [2.75, 3.05) is 19.8 Å². The fourth-order valence-electron chi connectivity index (χ4n) is 4.11. The molecule has 4 nitrogen and oxygen atoms in total. The van der Waals surface area contributed by atoms with Crippen LogP contribution in [0.1, 0.15) is 150 Å². The van der Waals surface area contributed by atoms with Crippen molar-refractivity contribution in [2.45, 2.75) is 159 Å². The van der Waals surface area contributed by atoms with Crippen LogP contribution >= 0.6 is 0 Å². The van der Waals surface area contributed by atoms with E-state index in [-0.39, 0.29) is 0 Å². The van der Waals surface area contributed by atoms with E-state index in [4.69, 9.17) is 15.4 Å². The van der Waals surface area contributed by atoms with Crippen LogP contribution in [0.25, 0.3) is 0 Å². The van der Waals surface area contributed by atoms with Crippen LogP contribution in [0, 0.1) is 0 Å². The van der Waals surface area contributed by atoms with E-state index in [1.54, 1.807) is 0 Å². The van der Waals surface area contributed by atoms with Crippen molar-refractivity contribution in [3.63, 3.8) is 0 Å². The van der Waals surface area contributed by atoms with Gasteiger partial charge in [0.25, 0.3) is 0 Å². The van der Waals surface area contributed by atoms with Gasteiger partial charge >= 0.3 is 221 Å². The van der Waals surface area contributed by atoms with Gasteiger partial charge in [-0.15, -0.1) is 0 Å². The molecule has 0 unspecified atom stereocenters. The van der Waals surface area contributed by atoms with E-state index in [2.05, 4.69) is 34.6 Å². The van der Waals surface area contributed by atoms with Gasteiger partial charge in [0.1, 0.15) is 0 Å². The summed E-state index contributed by atoms with van der Waals surface area (Å²) in [5.74, 6) is 0. The van der Waals surface area contributed by atoms with E-state index in [9.17, 15) is 0 Å². The SMILES string of the molecule is CCCCCCC[CH2][Sn]([CH2]CCCCCCC)([O]CCCC)[O]B(OCCCC)OCCCC. The normalized spacial score (nSPS) is 11.9. The number of rotatable bonds is 28. The molecule has 0 aromatic rings. The Kier molecular flexibility index (Phi) is 27.3. The third-order valence-corrected chi connectivity index (χ3v) is 16.7. The molecule has 204 valence electrons. The molecule has 0 aromatic carbocycles. The van der Waals surface area contributed by atoms with Crippen molar-refractivity contribution in [3.8, 4) is 0 Å². The standard InChI is InChI=1S/C8H18BO3.2C8H17.C4H9O.Sn/c1-3-5-7-11-9(10)12-8-6-4-2;2*1-3-5-7-8-6-4-2;1-2-3-4-5;/h3-8H2,1-2H3;2*1,3-8H2,2H3;2-4H2,1H3;/q-1;;;-1;+2. The molecule has 0 saturated carbocycles. The molecule has 0 amide bonds. The van der Waals surface area contributed by atoms with Crippen molar-refractivity contribution in [2.24, 2.45) is 0 Å². The van der Waals surface area contributed by atoms with Gasteiger partial charge in [0, 0.05) is 0 Å². The first-order valence-electron chi connectivity index (χ1n) is 15.2. The molecule has 0 aliphatic rings. The Morgan fingerprint density at radius 2 is 0.824 bits per heavy atom. The zero-order valence-electron chi connectivity index (χ0n) is 24.0. The maximum atomic E-state index is 6.88. The molecular weight excluding hydrogens is 530 g/mol. The number of unbranched alkanes of at least 4 members (excludes halogenated alkanes) is 13. The first-order chi connectivity index (χ1) is 16.7. The van der Waals surface area contributed by atoms with Crippen molar-refractivity contribution in [3.05, 3.63) is 0 Å². The molecule has 34 heavy (non-hydrogen) atoms. The number of hydrogen-bond donors (Lipinski definition) is 0. The Morgan fingerprint density at radius 3 is 1.26 bits per heavy atom. The zero-order valence-corrected chi connectivity index (χ0v) is 26.8. The molecule has 0 rings (SSSR count). The Bertz CT molecular complexity index is 375. The topological polar surface area (TPSA) is 36.9 Å². The van der Waals surface area contributed by atoms with Crippen molar-refractivity contribution >= 4 is 26.5 Å². The van der Waals surface area contributed by atoms with Gasteiger partial charge in [-0.2, -0.15) is 0 Å². The van der Waals surface area contributed by atoms with Crippen LogP contribution in [0.5, 0.6) is 0 Å². The van der Waals surface area contributed by atoms with Crippen LogP contribution < -0.4 is 0 Å². The molecular formula is C28H61BO4Sn. The molecule has 0 heterocycles. The van der Waals surface area contributed by atoms with Crippen molar-refractivity contribution in [1.82, 2.24) is 0 Å². The average molecular weight is 591 g/mol. The predicted octanol–water partition coefficient (Wildman–Crippen LogP) is 9.60. The van der Waals surface area contributed by atoms with E-state index in [1.807, 2.05) is 0 Å². The van der Waals surface area contributed by atoms with E-state index in [0.717, 1.165) is 47.6 Å². The van der Waals surface area contributed by atoms with E-state index < -0.39 is 26.5 Å². The molecule has 0 aliphatic carbocycles. The maximum absolute atomic E-state index is 6.88. The summed E-state index contributed by atoms with van der Waals surface area (Å²) in [6, 6.07) is 0. The summed E-state index contributed by atoms with van der Waals surface area (Å²) in [7, 11) is -0.532. The minimum absolute atomic E-state index is 0.532. The third-order valence-electron chi connectivity index (χ3n) is 6.50. The molecule has 6 heteroatoms. The Balaban J connectivity index is 5.23. The molecule has 0 aliphatic heterocycles. The van der Waals surface area contributed by atoms with Crippen LogP contribution in [0.4, 0.5) is 0 Å². The van der Waals surface area contributed by atoms with Crippen LogP contribution in [-0.2, 0) is 15.4 Å². The summed E-state index contributed by atoms with van der Waals surface area (Å²) in [6.07, 6.45) is 22.4. The monoisotopic (exact) mass is 592 g/mol. The molecule has 0 saturated heterocycles. The molecule has 0 spiro atoms. The van der Waals surface area contributed by atoms with Gasteiger partial charge in [0.05, 0.1) is 0 Å². The molecule has 0 atom stereocenters. The second kappa shape index (κ2) is 26.8. The van der Waals surface area contributed by atoms with Crippen LogP contribution in [-0.4, -0.2) is 46.3 Å². The summed E-state index contributed by atoms with van der Waals surface area (Å²) < 4.78 is 28.2. The number of hydrogen-bond acceptors (Lipinski definition) is 4. The summed E-state index contributed by atoms with van der Waals surface area (Å²) in [6.45, 7) is 13.5. The predicted molar refractivity (Wildman–Crippen MR) is 152 cm³/mol. The van der Waals surface area contributed by atoms with Gasteiger partial charge in [0.2, 0.25) is 0 Å². The summed E-state index contributed by atoms with van der Waals surface area (Å²) in [5, 5.41) is 0. The van der Waals surface area contributed by atoms with Gasteiger partial charge < -0.3 is 0 Å². The van der Waals surface area contributed by atoms with Gasteiger partial charge in [0.15, 0.2) is 0 Å². The second-order valence-corrected chi connectivity index (χ2v) is 19.6. The molecule has 0 radical (unpaired) electrons. The van der Waals surface area contributed by atoms with Crippen molar-refractivity contribution in [1.29, 1.82) is 0 Å². The fraction of sp³-hybridized carbons (Fsp3) is 1.00. The van der Waals surface area contributed by atoms with Gasteiger partial charge in [-0.3, -0.25) is 0 Å². The Morgan fingerprint density at radius 1 is 0.441 bits per heavy atom. The first kappa shape index (κ1) is 34.7. The minimum atomic E-state index is -3.33. The summed E-state index contributed by atoms with van der Waals surface area (Å²) in [5.41, 5.74) is 0. The van der Waals surface area contributed by atoms with Crippen molar-refractivity contribution < 1.29 is 15.4 Å². The van der Waals surface area contributed by atoms with E-state index >= 15 is 0 Å². The average Bonchev–Trinajstić information content (AvgIpc) is 2.84. The van der Waals surface area contributed by atoms with Crippen LogP contribution in [0.3, 0.4) is 0 Å². The Labute approximate surface area is 220 Å². The van der Waals surface area contributed by atoms with Gasteiger partial charge in [-0.25, -0.2) is 0 Å².